The molecule has 0 aromatic heterocycles. The molecule has 1 aliphatic heterocycles. The lowest BCUT2D eigenvalue weighted by Crippen LogP contribution is -2.12. The third kappa shape index (κ3) is 1.14. The summed E-state index contributed by atoms with van der Waals surface area (Å²) in [6.07, 6.45) is 0. The molecule has 1 aliphatic rings. The molecule has 5 heteroatoms. The monoisotopic (exact) mass is 227 g/mol. The van der Waals surface area contributed by atoms with Gasteiger partial charge in [0.1, 0.15) is 7.85 Å². The second-order valence-electron chi connectivity index (χ2n) is 2.72. The van der Waals surface area contributed by atoms with Gasteiger partial charge < -0.3 is 0 Å². The van der Waals surface area contributed by atoms with Crippen molar-refractivity contribution in [2.75, 3.05) is 5.23 Å². The van der Waals surface area contributed by atoms with E-state index in [2.05, 4.69) is 15.9 Å². The van der Waals surface area contributed by atoms with Crippen LogP contribution < -0.4 is 5.23 Å². The summed E-state index contributed by atoms with van der Waals surface area (Å²) < 4.78 is 0.993. The standard InChI is InChI=1S/C7H7BBrNO2/c8-7-5-3-4(9)1-2-6(5)10(11)12-7/h1-3,7,11H,8H2. The van der Waals surface area contributed by atoms with Crippen LogP contribution in [-0.4, -0.2) is 13.1 Å². The summed E-state index contributed by atoms with van der Waals surface area (Å²) in [5.74, 6) is 0. The van der Waals surface area contributed by atoms with Gasteiger partial charge in [-0.05, 0) is 18.2 Å². The fourth-order valence-corrected chi connectivity index (χ4v) is 1.67. The molecule has 1 N–H and O–H groups in total. The molecule has 1 aromatic rings. The normalized spacial score (nSPS) is 21.2. The minimum atomic E-state index is -0.0810. The molecule has 0 spiro atoms. The summed E-state index contributed by atoms with van der Waals surface area (Å²) in [6.45, 7) is 0. The average Bonchev–Trinajstić information content (AvgIpc) is 2.28. The molecule has 1 aromatic carbocycles. The molecule has 62 valence electrons. The first kappa shape index (κ1) is 8.10. The summed E-state index contributed by atoms with van der Waals surface area (Å²) in [5.41, 5.74) is 1.71. The molecular formula is C7H7BBrNO2. The highest BCUT2D eigenvalue weighted by Crippen LogP contribution is 2.35. The van der Waals surface area contributed by atoms with Gasteiger partial charge in [0.25, 0.3) is 0 Å². The summed E-state index contributed by atoms with van der Waals surface area (Å²) in [4.78, 5) is 5.05. The van der Waals surface area contributed by atoms with Crippen LogP contribution in [0.1, 0.15) is 11.6 Å². The van der Waals surface area contributed by atoms with Crippen LogP contribution in [0.4, 0.5) is 5.69 Å². The van der Waals surface area contributed by atoms with Crippen molar-refractivity contribution in [3.8, 4) is 0 Å². The lowest BCUT2D eigenvalue weighted by molar-refractivity contribution is -0.0394. The average molecular weight is 228 g/mol. The second-order valence-corrected chi connectivity index (χ2v) is 3.64. The van der Waals surface area contributed by atoms with Crippen molar-refractivity contribution in [2.45, 2.75) is 6.00 Å². The van der Waals surface area contributed by atoms with E-state index in [1.165, 1.54) is 0 Å². The van der Waals surface area contributed by atoms with E-state index in [9.17, 15) is 5.21 Å². The first-order valence-corrected chi connectivity index (χ1v) is 4.43. The smallest absolute Gasteiger partial charge is 0.148 e. The molecular weight excluding hydrogens is 221 g/mol. The summed E-state index contributed by atoms with van der Waals surface area (Å²) in [7, 11) is 1.89. The number of nitrogens with zero attached hydrogens (tertiary/aromatic N) is 1. The number of anilines is 1. The third-order valence-corrected chi connectivity index (χ3v) is 2.38. The molecule has 0 radical (unpaired) electrons. The Labute approximate surface area is 79.4 Å². The SMILES string of the molecule is BC1ON(O)c2ccc(Br)cc21. The zero-order valence-corrected chi connectivity index (χ0v) is 8.08. The Bertz CT molecular complexity index is 320. The van der Waals surface area contributed by atoms with Crippen LogP contribution in [0.2, 0.25) is 0 Å². The van der Waals surface area contributed by atoms with Crippen LogP contribution in [0.25, 0.3) is 0 Å². The van der Waals surface area contributed by atoms with Crippen molar-refractivity contribution in [2.24, 2.45) is 0 Å². The number of benzene rings is 1. The Morgan fingerprint density at radius 3 is 3.08 bits per heavy atom. The lowest BCUT2D eigenvalue weighted by Gasteiger charge is -2.07. The predicted octanol–water partition coefficient (Wildman–Crippen LogP) is 1.22. The fourth-order valence-electron chi connectivity index (χ4n) is 1.29. The molecule has 0 amide bonds. The van der Waals surface area contributed by atoms with E-state index in [0.29, 0.717) is 5.69 Å². The van der Waals surface area contributed by atoms with Gasteiger partial charge in [-0.1, -0.05) is 15.9 Å². The number of halogens is 1. The van der Waals surface area contributed by atoms with Crippen molar-refractivity contribution >= 4 is 29.5 Å². The maximum Gasteiger partial charge on any atom is 0.148 e. The maximum absolute atomic E-state index is 9.24. The van der Waals surface area contributed by atoms with Crippen molar-refractivity contribution in [3.63, 3.8) is 0 Å². The molecule has 1 unspecified atom stereocenters. The van der Waals surface area contributed by atoms with Gasteiger partial charge in [0.15, 0.2) is 0 Å². The zero-order chi connectivity index (χ0) is 8.72. The van der Waals surface area contributed by atoms with Gasteiger partial charge in [-0.25, -0.2) is 4.84 Å². The van der Waals surface area contributed by atoms with Crippen LogP contribution in [0.5, 0.6) is 0 Å². The van der Waals surface area contributed by atoms with Crippen LogP contribution in [0.15, 0.2) is 22.7 Å². The Hall–Kier alpha value is -0.515. The van der Waals surface area contributed by atoms with E-state index < -0.39 is 0 Å². The molecule has 0 saturated carbocycles. The Balaban J connectivity index is 2.53. The number of fused-ring (bicyclic) bond motifs is 1. The van der Waals surface area contributed by atoms with E-state index >= 15 is 0 Å². The van der Waals surface area contributed by atoms with Crippen molar-refractivity contribution in [3.05, 3.63) is 28.2 Å². The van der Waals surface area contributed by atoms with Crippen molar-refractivity contribution < 1.29 is 10.0 Å². The molecule has 0 bridgehead atoms. The van der Waals surface area contributed by atoms with Gasteiger partial charge in [-0.2, -0.15) is 0 Å². The first-order chi connectivity index (χ1) is 5.68. The Kier molecular flexibility index (Phi) is 1.86. The zero-order valence-electron chi connectivity index (χ0n) is 6.49. The summed E-state index contributed by atoms with van der Waals surface area (Å²) in [5, 5.41) is 10.1. The number of rotatable bonds is 0. The third-order valence-electron chi connectivity index (χ3n) is 1.89. The number of hydrogen-bond donors (Lipinski definition) is 1. The van der Waals surface area contributed by atoms with E-state index in [-0.39, 0.29) is 6.00 Å². The second kappa shape index (κ2) is 2.76. The molecule has 2 rings (SSSR count). The summed E-state index contributed by atoms with van der Waals surface area (Å²) >= 11 is 3.36. The summed E-state index contributed by atoms with van der Waals surface area (Å²) in [6, 6.07) is 5.53. The van der Waals surface area contributed by atoms with Crippen molar-refractivity contribution in [1.82, 2.24) is 0 Å². The molecule has 1 atom stereocenters. The minimum Gasteiger partial charge on any atom is -0.264 e. The van der Waals surface area contributed by atoms with Gasteiger partial charge in [-0.15, -0.1) is 5.23 Å². The van der Waals surface area contributed by atoms with Gasteiger partial charge in [-0.3, -0.25) is 5.21 Å². The van der Waals surface area contributed by atoms with E-state index in [1.54, 1.807) is 0 Å². The minimum absolute atomic E-state index is 0.0810. The fraction of sp³-hybridized carbons (Fsp3) is 0.143. The molecule has 3 nitrogen and oxygen atoms in total. The Morgan fingerprint density at radius 1 is 1.58 bits per heavy atom. The number of hydrogen-bond acceptors (Lipinski definition) is 3. The molecule has 0 fully saturated rings. The van der Waals surface area contributed by atoms with Gasteiger partial charge in [0.05, 0.1) is 11.7 Å². The van der Waals surface area contributed by atoms with Gasteiger partial charge in [0, 0.05) is 10.0 Å². The van der Waals surface area contributed by atoms with E-state index in [1.807, 2.05) is 26.0 Å². The highest BCUT2D eigenvalue weighted by molar-refractivity contribution is 9.10. The predicted molar refractivity (Wildman–Crippen MR) is 50.8 cm³/mol. The topological polar surface area (TPSA) is 32.7 Å². The van der Waals surface area contributed by atoms with Crippen LogP contribution >= 0.6 is 15.9 Å². The highest BCUT2D eigenvalue weighted by atomic mass is 79.9. The van der Waals surface area contributed by atoms with E-state index in [0.717, 1.165) is 15.3 Å². The quantitative estimate of drug-likeness (QED) is 0.677. The van der Waals surface area contributed by atoms with Crippen LogP contribution in [0, 0.1) is 0 Å². The van der Waals surface area contributed by atoms with Crippen LogP contribution in [0.3, 0.4) is 0 Å². The molecule has 0 aliphatic carbocycles. The lowest BCUT2D eigenvalue weighted by atomic mass is 9.92. The highest BCUT2D eigenvalue weighted by Gasteiger charge is 2.25. The maximum atomic E-state index is 9.24. The molecule has 12 heavy (non-hydrogen) atoms. The largest absolute Gasteiger partial charge is 0.264 e. The van der Waals surface area contributed by atoms with Gasteiger partial charge in [0.2, 0.25) is 0 Å². The first-order valence-electron chi connectivity index (χ1n) is 3.63. The molecule has 0 saturated heterocycles. The van der Waals surface area contributed by atoms with Crippen molar-refractivity contribution in [1.29, 1.82) is 0 Å². The van der Waals surface area contributed by atoms with Gasteiger partial charge >= 0.3 is 0 Å². The van der Waals surface area contributed by atoms with E-state index in [4.69, 9.17) is 4.84 Å². The molecule has 1 heterocycles. The Morgan fingerprint density at radius 2 is 2.33 bits per heavy atom. The van der Waals surface area contributed by atoms with Crippen LogP contribution in [-0.2, 0) is 4.84 Å².